The Hall–Kier alpha value is -3.35. The van der Waals surface area contributed by atoms with Crippen molar-refractivity contribution in [1.29, 1.82) is 0 Å². The first-order valence-electron chi connectivity index (χ1n) is 12.7. The van der Waals surface area contributed by atoms with Crippen LogP contribution in [-0.2, 0) is 16.6 Å². The minimum atomic E-state index is -3.77. The molecule has 0 bridgehead atoms. The molecule has 4 aromatic rings. The zero-order valence-corrected chi connectivity index (χ0v) is 22.7. The first kappa shape index (κ1) is 25.0. The molecule has 1 fully saturated rings. The molecule has 0 aliphatic carbocycles. The molecule has 0 unspecified atom stereocenters. The smallest absolute Gasteiger partial charge is 0.335 e. The van der Waals surface area contributed by atoms with Gasteiger partial charge in [-0.15, -0.1) is 10.2 Å². The van der Waals surface area contributed by atoms with Gasteiger partial charge in [-0.3, -0.25) is 4.57 Å². The highest BCUT2D eigenvalue weighted by Gasteiger charge is 2.35. The molecule has 13 heteroatoms. The van der Waals surface area contributed by atoms with Crippen LogP contribution in [0.5, 0.6) is 5.75 Å². The summed E-state index contributed by atoms with van der Waals surface area (Å²) in [5.41, 5.74) is 2.02. The summed E-state index contributed by atoms with van der Waals surface area (Å²) < 4.78 is 37.9. The van der Waals surface area contributed by atoms with E-state index >= 15 is 0 Å². The molecule has 0 saturated carbocycles. The normalized spacial score (nSPS) is 18.1. The number of fused-ring (bicyclic) bond motifs is 4. The third-order valence-corrected chi connectivity index (χ3v) is 9.42. The van der Waals surface area contributed by atoms with Gasteiger partial charge in [-0.2, -0.15) is 4.31 Å². The highest BCUT2D eigenvalue weighted by Crippen LogP contribution is 2.41. The predicted molar refractivity (Wildman–Crippen MR) is 144 cm³/mol. The third kappa shape index (κ3) is 3.81. The SMILES string of the molecule is CCCn1c(=O)n2cnnc2c2[nH]c(-c3cc(S(=O)(=O)N4CCN5C=CC[C@@H]5C4)ccc3OCC)c(Cl)c21. The minimum Gasteiger partial charge on any atom is -0.493 e. The number of nitrogens with zero attached hydrogens (tertiary/aromatic N) is 6. The number of nitrogens with one attached hydrogen (secondary N) is 1. The number of rotatable bonds is 7. The molecule has 0 radical (unpaired) electrons. The van der Waals surface area contributed by atoms with Crippen molar-refractivity contribution >= 4 is 38.3 Å². The van der Waals surface area contributed by atoms with E-state index in [0.717, 1.165) is 6.42 Å². The zero-order chi connectivity index (χ0) is 26.6. The van der Waals surface area contributed by atoms with E-state index in [0.29, 0.717) is 72.9 Å². The summed E-state index contributed by atoms with van der Waals surface area (Å²) >= 11 is 6.94. The second kappa shape index (κ2) is 9.44. The van der Waals surface area contributed by atoms with Crippen molar-refractivity contribution in [1.82, 2.24) is 33.4 Å². The summed E-state index contributed by atoms with van der Waals surface area (Å²) in [6, 6.07) is 4.99. The summed E-state index contributed by atoms with van der Waals surface area (Å²) in [6.45, 7) is 6.14. The highest BCUT2D eigenvalue weighted by atomic mass is 35.5. The van der Waals surface area contributed by atoms with Gasteiger partial charge < -0.3 is 14.6 Å². The molecule has 2 aliphatic rings. The lowest BCUT2D eigenvalue weighted by molar-refractivity contribution is 0.184. The van der Waals surface area contributed by atoms with E-state index < -0.39 is 10.0 Å². The number of halogens is 1. The monoisotopic (exact) mass is 557 g/mol. The van der Waals surface area contributed by atoms with E-state index in [9.17, 15) is 13.2 Å². The summed E-state index contributed by atoms with van der Waals surface area (Å²) in [4.78, 5) is 18.8. The molecule has 0 spiro atoms. The Morgan fingerprint density at radius 1 is 1.24 bits per heavy atom. The Balaban J connectivity index is 1.51. The Morgan fingerprint density at radius 3 is 2.87 bits per heavy atom. The van der Waals surface area contributed by atoms with Crippen molar-refractivity contribution in [2.24, 2.45) is 0 Å². The number of aryl methyl sites for hydroxylation is 1. The van der Waals surface area contributed by atoms with Crippen LogP contribution in [0, 0.1) is 0 Å². The van der Waals surface area contributed by atoms with Crippen molar-refractivity contribution in [2.45, 2.75) is 44.2 Å². The Morgan fingerprint density at radius 2 is 2.08 bits per heavy atom. The quantitative estimate of drug-likeness (QED) is 0.371. The lowest BCUT2D eigenvalue weighted by Crippen LogP contribution is -2.51. The maximum atomic E-state index is 13.7. The van der Waals surface area contributed by atoms with Gasteiger partial charge in [0.1, 0.15) is 17.6 Å². The molecule has 1 N–H and O–H groups in total. The van der Waals surface area contributed by atoms with Gasteiger partial charge in [0.15, 0.2) is 5.65 Å². The van der Waals surface area contributed by atoms with Gasteiger partial charge in [0.25, 0.3) is 0 Å². The number of sulfonamides is 1. The largest absolute Gasteiger partial charge is 0.493 e. The summed E-state index contributed by atoms with van der Waals surface area (Å²) in [7, 11) is -3.77. The van der Waals surface area contributed by atoms with Crippen LogP contribution >= 0.6 is 11.6 Å². The van der Waals surface area contributed by atoms with Crippen LogP contribution < -0.4 is 10.4 Å². The second-order valence-corrected chi connectivity index (χ2v) is 11.8. The van der Waals surface area contributed by atoms with E-state index in [1.54, 1.807) is 27.1 Å². The molecule has 1 aromatic carbocycles. The van der Waals surface area contributed by atoms with Gasteiger partial charge in [-0.05, 0) is 44.2 Å². The Bertz CT molecular complexity index is 1740. The van der Waals surface area contributed by atoms with Gasteiger partial charge in [0, 0.05) is 37.8 Å². The third-order valence-electron chi connectivity index (χ3n) is 7.19. The molecule has 1 saturated heterocycles. The molecule has 38 heavy (non-hydrogen) atoms. The first-order valence-corrected chi connectivity index (χ1v) is 14.5. The van der Waals surface area contributed by atoms with Crippen LogP contribution in [0.1, 0.15) is 26.7 Å². The van der Waals surface area contributed by atoms with E-state index in [1.165, 1.54) is 10.7 Å². The lowest BCUT2D eigenvalue weighted by Gasteiger charge is -2.37. The molecule has 11 nitrogen and oxygen atoms in total. The fraction of sp³-hybridized carbons (Fsp3) is 0.400. The van der Waals surface area contributed by atoms with Crippen LogP contribution in [0.25, 0.3) is 27.9 Å². The number of piperazine rings is 1. The number of H-pyrrole nitrogens is 1. The van der Waals surface area contributed by atoms with Crippen molar-refractivity contribution in [2.75, 3.05) is 26.2 Å². The van der Waals surface area contributed by atoms with Crippen LogP contribution in [0.15, 0.2) is 46.5 Å². The van der Waals surface area contributed by atoms with Crippen LogP contribution in [0.3, 0.4) is 0 Å². The number of ether oxygens (including phenoxy) is 1. The fourth-order valence-corrected chi connectivity index (χ4v) is 7.23. The predicted octanol–water partition coefficient (Wildman–Crippen LogP) is 3.09. The average Bonchev–Trinajstić information content (AvgIpc) is 3.65. The van der Waals surface area contributed by atoms with Crippen molar-refractivity contribution in [3.63, 3.8) is 0 Å². The van der Waals surface area contributed by atoms with Gasteiger partial charge >= 0.3 is 5.69 Å². The number of aromatic nitrogens is 5. The van der Waals surface area contributed by atoms with Crippen molar-refractivity contribution in [3.05, 3.63) is 52.3 Å². The molecular formula is C25H28ClN7O4S. The van der Waals surface area contributed by atoms with E-state index in [-0.39, 0.29) is 21.6 Å². The maximum Gasteiger partial charge on any atom is 0.335 e. The van der Waals surface area contributed by atoms with Crippen LogP contribution in [-0.4, -0.2) is 74.1 Å². The zero-order valence-electron chi connectivity index (χ0n) is 21.1. The minimum absolute atomic E-state index is 0.156. The molecular weight excluding hydrogens is 530 g/mol. The highest BCUT2D eigenvalue weighted by molar-refractivity contribution is 7.89. The van der Waals surface area contributed by atoms with Crippen LogP contribution in [0.4, 0.5) is 0 Å². The molecule has 0 amide bonds. The van der Waals surface area contributed by atoms with Crippen molar-refractivity contribution < 1.29 is 13.2 Å². The first-order chi connectivity index (χ1) is 18.3. The number of benzene rings is 1. The van der Waals surface area contributed by atoms with Crippen molar-refractivity contribution in [3.8, 4) is 17.0 Å². The second-order valence-electron chi connectivity index (χ2n) is 9.46. The van der Waals surface area contributed by atoms with E-state index in [1.807, 2.05) is 20.0 Å². The van der Waals surface area contributed by atoms with Gasteiger partial charge in [0.05, 0.1) is 27.7 Å². The Kier molecular flexibility index (Phi) is 6.20. The average molecular weight is 558 g/mol. The van der Waals surface area contributed by atoms with Gasteiger partial charge in [-0.25, -0.2) is 17.6 Å². The summed E-state index contributed by atoms with van der Waals surface area (Å²) in [5.74, 6) is 0.478. The number of hydrogen-bond acceptors (Lipinski definition) is 7. The topological polar surface area (TPSA) is 118 Å². The van der Waals surface area contributed by atoms with E-state index in [2.05, 4.69) is 26.2 Å². The summed E-state index contributed by atoms with van der Waals surface area (Å²) in [5, 5.41) is 8.33. The lowest BCUT2D eigenvalue weighted by atomic mass is 10.1. The standard InChI is InChI=1S/C25H28ClN7O4S/c1-3-9-32-23-20(26)21(28-22(23)24-29-27-15-33(24)25(32)34)18-13-17(7-8-19(18)37-4-2)38(35,36)31-12-11-30-10-5-6-16(30)14-31/h5,7-8,10,13,15-16,28H,3-4,6,9,11-12,14H2,1-2H3/t16-/m1/s1. The molecule has 2 aliphatic heterocycles. The summed E-state index contributed by atoms with van der Waals surface area (Å²) in [6.07, 6.45) is 7.04. The van der Waals surface area contributed by atoms with E-state index in [4.69, 9.17) is 16.3 Å². The fourth-order valence-electron chi connectivity index (χ4n) is 5.38. The molecule has 5 heterocycles. The molecule has 3 aromatic heterocycles. The molecule has 200 valence electrons. The molecule has 1 atom stereocenters. The maximum absolute atomic E-state index is 13.7. The van der Waals surface area contributed by atoms with Crippen LogP contribution in [0.2, 0.25) is 5.02 Å². The van der Waals surface area contributed by atoms with Gasteiger partial charge in [-0.1, -0.05) is 24.6 Å². The van der Waals surface area contributed by atoms with Gasteiger partial charge in [0.2, 0.25) is 10.0 Å². The number of hydrogen-bond donors (Lipinski definition) is 1. The Labute approximate surface area is 224 Å². The number of aromatic amines is 1. The molecule has 6 rings (SSSR count).